The molecule has 0 radical (unpaired) electrons. The van der Waals surface area contributed by atoms with Crippen molar-refractivity contribution in [3.05, 3.63) is 36.2 Å². The van der Waals surface area contributed by atoms with Gasteiger partial charge in [-0.15, -0.1) is 11.8 Å². The molecule has 1 aromatic carbocycles. The van der Waals surface area contributed by atoms with Gasteiger partial charge in [0.2, 0.25) is 0 Å². The highest BCUT2D eigenvalue weighted by Gasteiger charge is 2.20. The van der Waals surface area contributed by atoms with Crippen molar-refractivity contribution >= 4 is 11.8 Å². The summed E-state index contributed by atoms with van der Waals surface area (Å²) in [5.41, 5.74) is 5.85. The fourth-order valence-corrected chi connectivity index (χ4v) is 3.78. The van der Waals surface area contributed by atoms with Crippen molar-refractivity contribution in [3.8, 4) is 5.75 Å². The van der Waals surface area contributed by atoms with Crippen molar-refractivity contribution in [2.45, 2.75) is 36.7 Å². The Bertz CT molecular complexity index is 484. The van der Waals surface area contributed by atoms with Gasteiger partial charge in [0.05, 0.1) is 12.4 Å². The van der Waals surface area contributed by atoms with E-state index in [-0.39, 0.29) is 13.2 Å². The highest BCUT2D eigenvalue weighted by Crippen LogP contribution is 2.31. The minimum Gasteiger partial charge on any atom is -0.489 e. The van der Waals surface area contributed by atoms with Crippen LogP contribution >= 0.6 is 11.8 Å². The third kappa shape index (κ3) is 6.16. The molecule has 0 spiro atoms. The zero-order valence-electron chi connectivity index (χ0n) is 13.7. The lowest BCUT2D eigenvalue weighted by molar-refractivity contribution is 0.0599. The lowest BCUT2D eigenvalue weighted by Gasteiger charge is -2.27. The number of hydrogen-bond acceptors (Lipinski definition) is 4. The van der Waals surface area contributed by atoms with Crippen LogP contribution in [0.2, 0.25) is 0 Å². The lowest BCUT2D eigenvalue weighted by Crippen LogP contribution is -2.21. The lowest BCUT2D eigenvalue weighted by atomic mass is 9.89. The van der Waals surface area contributed by atoms with Gasteiger partial charge in [-0.3, -0.25) is 0 Å². The Hall–Kier alpha value is -1.04. The molecule has 5 heteroatoms. The van der Waals surface area contributed by atoms with E-state index in [0.29, 0.717) is 18.0 Å². The van der Waals surface area contributed by atoms with Gasteiger partial charge in [-0.05, 0) is 55.9 Å². The molecule has 2 N–H and O–H groups in total. The van der Waals surface area contributed by atoms with E-state index < -0.39 is 0 Å². The molecule has 1 fully saturated rings. The normalized spacial score (nSPS) is 22.1. The first-order valence-corrected chi connectivity index (χ1v) is 9.10. The predicted molar refractivity (Wildman–Crippen MR) is 93.7 cm³/mol. The van der Waals surface area contributed by atoms with Crippen LogP contribution in [0.1, 0.15) is 25.7 Å². The fourth-order valence-electron chi connectivity index (χ4n) is 2.69. The van der Waals surface area contributed by atoms with Gasteiger partial charge < -0.3 is 15.2 Å². The monoisotopic (exact) mass is 339 g/mol. The summed E-state index contributed by atoms with van der Waals surface area (Å²) in [4.78, 5) is 1.24. The molecule has 1 aromatic rings. The molecular weight excluding hydrogens is 313 g/mol. The third-order valence-electron chi connectivity index (χ3n) is 4.28. The smallest absolute Gasteiger partial charge is 0.119 e. The van der Waals surface area contributed by atoms with E-state index in [0.717, 1.165) is 17.4 Å². The minimum absolute atomic E-state index is 0.176. The van der Waals surface area contributed by atoms with Crippen molar-refractivity contribution in [3.63, 3.8) is 0 Å². The van der Waals surface area contributed by atoms with Crippen LogP contribution in [0.5, 0.6) is 5.75 Å². The summed E-state index contributed by atoms with van der Waals surface area (Å²) >= 11 is 1.89. The Morgan fingerprint density at radius 2 is 1.96 bits per heavy atom. The fraction of sp³-hybridized carbons (Fsp3) is 0.556. The molecule has 3 nitrogen and oxygen atoms in total. The molecular formula is C18H26FNO2S. The third-order valence-corrected chi connectivity index (χ3v) is 5.52. The van der Waals surface area contributed by atoms with Crippen molar-refractivity contribution < 1.29 is 13.9 Å². The molecule has 0 bridgehead atoms. The number of rotatable bonds is 8. The summed E-state index contributed by atoms with van der Waals surface area (Å²) in [6.45, 7) is 0.373. The van der Waals surface area contributed by atoms with E-state index >= 15 is 0 Å². The topological polar surface area (TPSA) is 44.5 Å². The van der Waals surface area contributed by atoms with Crippen LogP contribution < -0.4 is 10.5 Å². The van der Waals surface area contributed by atoms with Crippen molar-refractivity contribution in [2.24, 2.45) is 11.7 Å². The predicted octanol–water partition coefficient (Wildman–Crippen LogP) is 4.17. The highest BCUT2D eigenvalue weighted by molar-refractivity contribution is 7.99. The van der Waals surface area contributed by atoms with Gasteiger partial charge in [-0.1, -0.05) is 0 Å². The molecule has 0 aliphatic heterocycles. The summed E-state index contributed by atoms with van der Waals surface area (Å²) in [6.07, 6.45) is 5.85. The summed E-state index contributed by atoms with van der Waals surface area (Å²) in [5, 5.41) is 0. The van der Waals surface area contributed by atoms with E-state index in [4.69, 9.17) is 15.2 Å². The van der Waals surface area contributed by atoms with Gasteiger partial charge in [0, 0.05) is 29.9 Å². The molecule has 1 saturated carbocycles. The van der Waals surface area contributed by atoms with Crippen LogP contribution in [-0.4, -0.2) is 32.1 Å². The van der Waals surface area contributed by atoms with Crippen molar-refractivity contribution in [1.29, 1.82) is 0 Å². The van der Waals surface area contributed by atoms with Gasteiger partial charge >= 0.3 is 0 Å². The molecule has 23 heavy (non-hydrogen) atoms. The second kappa shape index (κ2) is 9.96. The zero-order chi connectivity index (χ0) is 16.5. The Labute approximate surface area is 142 Å². The van der Waals surface area contributed by atoms with Gasteiger partial charge in [0.1, 0.15) is 12.4 Å². The van der Waals surface area contributed by atoms with Crippen LogP contribution in [0, 0.1) is 5.92 Å². The molecule has 0 saturated heterocycles. The van der Waals surface area contributed by atoms with Crippen LogP contribution in [0.15, 0.2) is 41.1 Å². The van der Waals surface area contributed by atoms with E-state index in [1.165, 1.54) is 30.6 Å². The van der Waals surface area contributed by atoms with Crippen LogP contribution in [0.25, 0.3) is 0 Å². The Balaban J connectivity index is 1.73. The van der Waals surface area contributed by atoms with E-state index in [2.05, 4.69) is 12.1 Å². The Morgan fingerprint density at radius 3 is 2.52 bits per heavy atom. The van der Waals surface area contributed by atoms with Crippen molar-refractivity contribution in [2.75, 3.05) is 26.0 Å². The largest absolute Gasteiger partial charge is 0.489 e. The molecule has 0 unspecified atom stereocenters. The van der Waals surface area contributed by atoms with Crippen LogP contribution in [-0.2, 0) is 4.74 Å². The molecule has 128 valence electrons. The molecule has 1 aliphatic rings. The maximum Gasteiger partial charge on any atom is 0.119 e. The number of halogens is 1. The molecule has 0 atom stereocenters. The highest BCUT2D eigenvalue weighted by atomic mass is 32.2. The number of benzene rings is 1. The molecule has 0 amide bonds. The average molecular weight is 339 g/mol. The molecule has 1 aliphatic carbocycles. The first-order chi connectivity index (χ1) is 11.2. The summed E-state index contributed by atoms with van der Waals surface area (Å²) in [5.74, 6) is 2.67. The second-order valence-corrected chi connectivity index (χ2v) is 7.01. The maximum atomic E-state index is 12.4. The first-order valence-electron chi connectivity index (χ1n) is 8.11. The van der Waals surface area contributed by atoms with Gasteiger partial charge in [0.15, 0.2) is 0 Å². The van der Waals surface area contributed by atoms with Crippen LogP contribution in [0.4, 0.5) is 4.39 Å². The molecule has 2 rings (SSSR count). The van der Waals surface area contributed by atoms with E-state index in [1.54, 1.807) is 0 Å². The van der Waals surface area contributed by atoms with Gasteiger partial charge in [0.25, 0.3) is 0 Å². The zero-order valence-corrected chi connectivity index (χ0v) is 14.5. The van der Waals surface area contributed by atoms with Crippen LogP contribution in [0.3, 0.4) is 0 Å². The van der Waals surface area contributed by atoms with E-state index in [1.807, 2.05) is 31.0 Å². The molecule has 0 aromatic heterocycles. The summed E-state index contributed by atoms with van der Waals surface area (Å²) < 4.78 is 23.3. The molecule has 0 heterocycles. The van der Waals surface area contributed by atoms with E-state index in [9.17, 15) is 4.39 Å². The minimum atomic E-state index is 0.176. The number of methoxy groups -OCH3 is 1. The average Bonchev–Trinajstić information content (AvgIpc) is 2.62. The second-order valence-electron chi connectivity index (χ2n) is 5.92. The first kappa shape index (κ1) is 18.3. The number of thioether (sulfide) groups is 1. The van der Waals surface area contributed by atoms with Gasteiger partial charge in [-0.25, -0.2) is 4.39 Å². The van der Waals surface area contributed by atoms with Gasteiger partial charge in [-0.2, -0.15) is 0 Å². The quantitative estimate of drug-likeness (QED) is 0.722. The Morgan fingerprint density at radius 1 is 1.26 bits per heavy atom. The van der Waals surface area contributed by atoms with Crippen molar-refractivity contribution in [1.82, 2.24) is 0 Å². The standard InChI is InChI=1S/C18H26FNO2S/c1-21-16-4-2-14(3-5-16)13-23-18-8-6-17(7-9-18)22-12-15(10-19)11-20/h6-10,14,16H,2-5,11-13,20H2,1H3/b15-10+. The number of nitrogens with two attached hydrogens (primary N) is 1. The number of ether oxygens (including phenoxy) is 2. The summed E-state index contributed by atoms with van der Waals surface area (Å²) in [7, 11) is 1.81. The summed E-state index contributed by atoms with van der Waals surface area (Å²) in [6, 6.07) is 7.97. The number of hydrogen-bond donors (Lipinski definition) is 1. The maximum absolute atomic E-state index is 12.4. The Kier molecular flexibility index (Phi) is 7.92. The SMILES string of the molecule is COC1CCC(CSc2ccc(OC/C(=C/F)CN)cc2)CC1.